The first-order chi connectivity index (χ1) is 10.9. The number of amides is 1. The molecule has 1 fully saturated rings. The van der Waals surface area contributed by atoms with Gasteiger partial charge in [-0.05, 0) is 26.7 Å². The normalized spacial score (nSPS) is 19.0. The Morgan fingerprint density at radius 2 is 1.91 bits per heavy atom. The minimum Gasteiger partial charge on any atom is -0.511 e. The number of aliphatic hydroxyl groups excluding tert-OH is 1. The summed E-state index contributed by atoms with van der Waals surface area (Å²) in [6.07, 6.45) is 1.75. The van der Waals surface area contributed by atoms with E-state index in [1.165, 1.54) is 12.0 Å². The van der Waals surface area contributed by atoms with Crippen LogP contribution in [0.25, 0.3) is 0 Å². The number of allylic oxidation sites excluding steroid dienone is 1. The fraction of sp³-hybridized carbons (Fsp3) is 0.714. The lowest BCUT2D eigenvalue weighted by molar-refractivity contribution is -0.149. The molecule has 0 spiro atoms. The van der Waals surface area contributed by atoms with Crippen LogP contribution >= 0.6 is 7.60 Å². The zero-order valence-corrected chi connectivity index (χ0v) is 14.6. The summed E-state index contributed by atoms with van der Waals surface area (Å²) in [4.78, 5) is 25.2. The van der Waals surface area contributed by atoms with E-state index < -0.39 is 37.4 Å². The quantitative estimate of drug-likeness (QED) is 0.309. The van der Waals surface area contributed by atoms with Gasteiger partial charge in [-0.1, -0.05) is 0 Å². The van der Waals surface area contributed by atoms with Gasteiger partial charge in [0.25, 0.3) is 5.91 Å². The molecular weight excluding hydrogens is 325 g/mol. The maximum absolute atomic E-state index is 12.3. The third-order valence-corrected chi connectivity index (χ3v) is 5.32. The van der Waals surface area contributed by atoms with Gasteiger partial charge in [-0.25, -0.2) is 4.79 Å². The third-order valence-electron chi connectivity index (χ3n) is 3.31. The van der Waals surface area contributed by atoms with Crippen molar-refractivity contribution in [2.24, 2.45) is 0 Å². The van der Waals surface area contributed by atoms with Crippen LogP contribution in [0.1, 0.15) is 26.7 Å². The number of carbonyl (C=O) groups excluding carboxylic acids is 2. The Bertz CT molecular complexity index is 495. The van der Waals surface area contributed by atoms with Gasteiger partial charge in [0, 0.05) is 12.6 Å². The van der Waals surface area contributed by atoms with Crippen LogP contribution in [-0.4, -0.2) is 61.0 Å². The van der Waals surface area contributed by atoms with Gasteiger partial charge in [0.15, 0.2) is 0 Å². The largest absolute Gasteiger partial charge is 0.511 e. The fourth-order valence-electron chi connectivity index (χ4n) is 2.40. The number of aliphatic hydroxyl groups is 1. The zero-order valence-electron chi connectivity index (χ0n) is 13.7. The average molecular weight is 349 g/mol. The van der Waals surface area contributed by atoms with Crippen molar-refractivity contribution >= 4 is 19.5 Å². The Labute approximate surface area is 135 Å². The van der Waals surface area contributed by atoms with Crippen molar-refractivity contribution < 1.29 is 33.0 Å². The SMILES string of the molecule is CCOP(=O)(C/C(O)=C/C(=O)N1CCCC1C(=O)OC)OCC. The molecule has 0 aromatic heterocycles. The van der Waals surface area contributed by atoms with Crippen molar-refractivity contribution in [1.29, 1.82) is 0 Å². The van der Waals surface area contributed by atoms with E-state index in [4.69, 9.17) is 9.05 Å². The number of rotatable bonds is 8. The summed E-state index contributed by atoms with van der Waals surface area (Å²) in [6, 6.07) is -0.651. The van der Waals surface area contributed by atoms with Crippen molar-refractivity contribution in [2.75, 3.05) is 33.0 Å². The Morgan fingerprint density at radius 1 is 1.30 bits per heavy atom. The molecule has 23 heavy (non-hydrogen) atoms. The molecule has 1 unspecified atom stereocenters. The van der Waals surface area contributed by atoms with Crippen LogP contribution < -0.4 is 0 Å². The van der Waals surface area contributed by atoms with Gasteiger partial charge >= 0.3 is 13.6 Å². The summed E-state index contributed by atoms with van der Waals surface area (Å²) < 4.78 is 27.1. The molecule has 0 aromatic carbocycles. The van der Waals surface area contributed by atoms with Gasteiger partial charge in [0.1, 0.15) is 18.0 Å². The van der Waals surface area contributed by atoms with Gasteiger partial charge in [-0.3, -0.25) is 9.36 Å². The first-order valence-electron chi connectivity index (χ1n) is 7.53. The van der Waals surface area contributed by atoms with Crippen LogP contribution in [0.15, 0.2) is 11.8 Å². The summed E-state index contributed by atoms with van der Waals surface area (Å²) in [5.41, 5.74) is 0. The van der Waals surface area contributed by atoms with Gasteiger partial charge < -0.3 is 23.8 Å². The summed E-state index contributed by atoms with van der Waals surface area (Å²) >= 11 is 0. The number of hydrogen-bond donors (Lipinski definition) is 1. The summed E-state index contributed by atoms with van der Waals surface area (Å²) in [5, 5.41) is 9.92. The molecule has 0 radical (unpaired) electrons. The highest BCUT2D eigenvalue weighted by Gasteiger charge is 2.34. The highest BCUT2D eigenvalue weighted by atomic mass is 31.2. The molecule has 0 saturated carbocycles. The average Bonchev–Trinajstić information content (AvgIpc) is 2.95. The maximum atomic E-state index is 12.3. The second kappa shape index (κ2) is 9.05. The van der Waals surface area contributed by atoms with Gasteiger partial charge in [0.05, 0.1) is 20.3 Å². The monoisotopic (exact) mass is 349 g/mol. The molecule has 1 aliphatic heterocycles. The number of nitrogens with zero attached hydrogens (tertiary/aromatic N) is 1. The van der Waals surface area contributed by atoms with Gasteiger partial charge in [-0.15, -0.1) is 0 Å². The predicted octanol–water partition coefficient (Wildman–Crippen LogP) is 1.86. The standard InChI is InChI=1S/C14H24NO7P/c1-4-21-23(19,22-5-2)10-11(16)9-13(17)15-8-6-7-12(15)14(18)20-3/h9,12,16H,4-8,10H2,1-3H3/b11-9-. The number of esters is 1. The van der Waals surface area contributed by atoms with Gasteiger partial charge in [-0.2, -0.15) is 0 Å². The van der Waals surface area contributed by atoms with E-state index in [1.54, 1.807) is 13.8 Å². The van der Waals surface area contributed by atoms with E-state index in [0.29, 0.717) is 19.4 Å². The lowest BCUT2D eigenvalue weighted by atomic mass is 10.2. The van der Waals surface area contributed by atoms with Crippen LogP contribution in [0, 0.1) is 0 Å². The van der Waals surface area contributed by atoms with Crippen molar-refractivity contribution in [2.45, 2.75) is 32.7 Å². The lowest BCUT2D eigenvalue weighted by Gasteiger charge is -2.21. The van der Waals surface area contributed by atoms with Crippen LogP contribution in [0.5, 0.6) is 0 Å². The molecule has 1 rings (SSSR count). The van der Waals surface area contributed by atoms with Crippen molar-refractivity contribution in [3.63, 3.8) is 0 Å². The first-order valence-corrected chi connectivity index (χ1v) is 9.25. The predicted molar refractivity (Wildman–Crippen MR) is 83.2 cm³/mol. The molecule has 1 saturated heterocycles. The van der Waals surface area contributed by atoms with E-state index in [1.807, 2.05) is 0 Å². The number of likely N-dealkylation sites (tertiary alicyclic amines) is 1. The number of hydrogen-bond acceptors (Lipinski definition) is 7. The second-order valence-electron chi connectivity index (χ2n) is 4.95. The minimum atomic E-state index is -3.48. The van der Waals surface area contributed by atoms with E-state index in [2.05, 4.69) is 4.74 Å². The molecule has 1 heterocycles. The van der Waals surface area contributed by atoms with E-state index in [-0.39, 0.29) is 13.2 Å². The van der Waals surface area contributed by atoms with Crippen LogP contribution in [0.4, 0.5) is 0 Å². The molecule has 1 atom stereocenters. The molecular formula is C14H24NO7P. The van der Waals surface area contributed by atoms with Crippen LogP contribution in [0.2, 0.25) is 0 Å². The van der Waals surface area contributed by atoms with Crippen molar-refractivity contribution in [1.82, 2.24) is 4.90 Å². The molecule has 0 aliphatic carbocycles. The smallest absolute Gasteiger partial charge is 0.338 e. The van der Waals surface area contributed by atoms with Crippen molar-refractivity contribution in [3.8, 4) is 0 Å². The van der Waals surface area contributed by atoms with E-state index in [9.17, 15) is 19.3 Å². The molecule has 0 aromatic rings. The van der Waals surface area contributed by atoms with Gasteiger partial charge in [0.2, 0.25) is 0 Å². The number of ether oxygens (including phenoxy) is 1. The summed E-state index contributed by atoms with van der Waals surface area (Å²) in [6.45, 7) is 4.03. The summed E-state index contributed by atoms with van der Waals surface area (Å²) in [5.74, 6) is -1.43. The molecule has 1 amide bonds. The highest BCUT2D eigenvalue weighted by Crippen LogP contribution is 2.49. The van der Waals surface area contributed by atoms with Crippen LogP contribution in [-0.2, 0) is 27.9 Å². The number of methoxy groups -OCH3 is 1. The Balaban J connectivity index is 2.78. The fourth-order valence-corrected chi connectivity index (χ4v) is 3.94. The minimum absolute atomic E-state index is 0.162. The second-order valence-corrected chi connectivity index (χ2v) is 7.01. The maximum Gasteiger partial charge on any atom is 0.338 e. The Kier molecular flexibility index (Phi) is 7.75. The third kappa shape index (κ3) is 5.64. The zero-order chi connectivity index (χ0) is 17.5. The highest BCUT2D eigenvalue weighted by molar-refractivity contribution is 7.54. The molecule has 132 valence electrons. The first kappa shape index (κ1) is 19.7. The number of carbonyl (C=O) groups is 2. The molecule has 9 heteroatoms. The van der Waals surface area contributed by atoms with Crippen LogP contribution in [0.3, 0.4) is 0 Å². The topological polar surface area (TPSA) is 102 Å². The summed E-state index contributed by atoms with van der Waals surface area (Å²) in [7, 11) is -2.22. The Hall–Kier alpha value is -1.37. The molecule has 1 N–H and O–H groups in total. The molecule has 0 bridgehead atoms. The molecule has 8 nitrogen and oxygen atoms in total. The van der Waals surface area contributed by atoms with E-state index in [0.717, 1.165) is 6.08 Å². The molecule has 1 aliphatic rings. The van der Waals surface area contributed by atoms with Crippen molar-refractivity contribution in [3.05, 3.63) is 11.8 Å². The van der Waals surface area contributed by atoms with E-state index >= 15 is 0 Å². The Morgan fingerprint density at radius 3 is 2.43 bits per heavy atom. The lowest BCUT2D eigenvalue weighted by Crippen LogP contribution is -2.40.